The minimum Gasteiger partial charge on any atom is -0.229 e. The first-order chi connectivity index (χ1) is 9.20. The van der Waals surface area contributed by atoms with Crippen molar-refractivity contribution in [1.29, 1.82) is 0 Å². The van der Waals surface area contributed by atoms with Gasteiger partial charge in [-0.1, -0.05) is 0 Å². The van der Waals surface area contributed by atoms with Gasteiger partial charge in [0.1, 0.15) is 11.6 Å². The van der Waals surface area contributed by atoms with Gasteiger partial charge < -0.3 is 0 Å². The van der Waals surface area contributed by atoms with Crippen LogP contribution in [0.3, 0.4) is 0 Å². The number of rotatable bonds is 3. The van der Waals surface area contributed by atoms with Crippen LogP contribution in [0.5, 0.6) is 0 Å². The molecule has 0 fully saturated rings. The number of benzene rings is 1. The molecule has 0 atom stereocenters. The van der Waals surface area contributed by atoms with Crippen molar-refractivity contribution < 1.29 is 4.39 Å². The second-order valence-electron chi connectivity index (χ2n) is 3.72. The zero-order chi connectivity index (χ0) is 13.2. The lowest BCUT2D eigenvalue weighted by Gasteiger charge is -1.95. The monoisotopic (exact) mass is 309 g/mol. The first kappa shape index (κ1) is 12.7. The minimum atomic E-state index is -0.238. The molecule has 19 heavy (non-hydrogen) atoms. The van der Waals surface area contributed by atoms with Crippen molar-refractivity contribution in [3.05, 3.63) is 41.3 Å². The minimum absolute atomic E-state index is 0.238. The van der Waals surface area contributed by atoms with E-state index in [1.807, 2.05) is 12.3 Å². The SMILES string of the molecule is Cc1nsc(Sc2nc(-c3ccc(F)cc3)cs2)n1. The standard InChI is InChI=1S/C12H8FN3S3/c1-7-14-12(19-16-7)18-11-15-10(6-17-11)8-2-4-9(13)5-3-8/h2-6H,1H3. The van der Waals surface area contributed by atoms with Crippen LogP contribution in [-0.4, -0.2) is 14.3 Å². The fourth-order valence-electron chi connectivity index (χ4n) is 1.45. The van der Waals surface area contributed by atoms with Crippen LogP contribution in [-0.2, 0) is 0 Å². The van der Waals surface area contributed by atoms with Gasteiger partial charge in [-0.2, -0.15) is 4.37 Å². The molecule has 0 amide bonds. The van der Waals surface area contributed by atoms with Crippen molar-refractivity contribution in [3.8, 4) is 11.3 Å². The molecule has 3 aromatic rings. The quantitative estimate of drug-likeness (QED) is 0.724. The fraction of sp³-hybridized carbons (Fsp3) is 0.0833. The molecule has 0 bridgehead atoms. The van der Waals surface area contributed by atoms with Gasteiger partial charge in [0, 0.05) is 10.9 Å². The van der Waals surface area contributed by atoms with Crippen LogP contribution in [0.15, 0.2) is 38.3 Å². The van der Waals surface area contributed by atoms with E-state index in [1.54, 1.807) is 23.5 Å². The molecule has 0 unspecified atom stereocenters. The summed E-state index contributed by atoms with van der Waals surface area (Å²) in [7, 11) is 0. The Bertz CT molecular complexity index is 690. The summed E-state index contributed by atoms with van der Waals surface area (Å²) in [6.07, 6.45) is 0. The molecule has 0 N–H and O–H groups in total. The molecular weight excluding hydrogens is 301 g/mol. The lowest BCUT2D eigenvalue weighted by atomic mass is 10.2. The highest BCUT2D eigenvalue weighted by Crippen LogP contribution is 2.33. The Morgan fingerprint density at radius 2 is 1.89 bits per heavy atom. The summed E-state index contributed by atoms with van der Waals surface area (Å²) in [6.45, 7) is 1.87. The number of hydrogen-bond donors (Lipinski definition) is 0. The number of halogens is 1. The molecule has 0 radical (unpaired) electrons. The number of aryl methyl sites for hydroxylation is 1. The van der Waals surface area contributed by atoms with E-state index in [1.165, 1.54) is 35.4 Å². The zero-order valence-electron chi connectivity index (χ0n) is 9.83. The van der Waals surface area contributed by atoms with Crippen LogP contribution in [0, 0.1) is 12.7 Å². The highest BCUT2D eigenvalue weighted by molar-refractivity contribution is 8.02. The summed E-state index contributed by atoms with van der Waals surface area (Å²) in [6, 6.07) is 6.34. The van der Waals surface area contributed by atoms with Gasteiger partial charge in [-0.3, -0.25) is 0 Å². The summed E-state index contributed by atoms with van der Waals surface area (Å²) < 4.78 is 18.8. The Labute approximate surface area is 121 Å². The molecule has 0 saturated carbocycles. The van der Waals surface area contributed by atoms with Crippen molar-refractivity contribution >= 4 is 34.6 Å². The van der Waals surface area contributed by atoms with Crippen LogP contribution in [0.25, 0.3) is 11.3 Å². The Morgan fingerprint density at radius 3 is 2.58 bits per heavy atom. The molecule has 2 aromatic heterocycles. The van der Waals surface area contributed by atoms with Crippen molar-refractivity contribution in [2.24, 2.45) is 0 Å². The van der Waals surface area contributed by atoms with E-state index in [4.69, 9.17) is 0 Å². The number of aromatic nitrogens is 3. The van der Waals surface area contributed by atoms with Gasteiger partial charge in [0.25, 0.3) is 0 Å². The molecule has 96 valence electrons. The topological polar surface area (TPSA) is 38.7 Å². The van der Waals surface area contributed by atoms with E-state index in [2.05, 4.69) is 14.3 Å². The summed E-state index contributed by atoms with van der Waals surface area (Å²) in [5, 5.41) is 1.96. The van der Waals surface area contributed by atoms with Gasteiger partial charge in [0.2, 0.25) is 0 Å². The average Bonchev–Trinajstić information content (AvgIpc) is 3.00. The maximum absolute atomic E-state index is 12.9. The normalized spacial score (nSPS) is 10.8. The van der Waals surface area contributed by atoms with Crippen LogP contribution >= 0.6 is 34.6 Å². The molecule has 0 saturated heterocycles. The Balaban J connectivity index is 1.81. The second kappa shape index (κ2) is 5.36. The van der Waals surface area contributed by atoms with Gasteiger partial charge in [0.05, 0.1) is 5.69 Å². The van der Waals surface area contributed by atoms with Gasteiger partial charge in [0.15, 0.2) is 8.68 Å². The van der Waals surface area contributed by atoms with E-state index < -0.39 is 0 Å². The molecule has 7 heteroatoms. The number of hydrogen-bond acceptors (Lipinski definition) is 6. The third kappa shape index (κ3) is 2.99. The van der Waals surface area contributed by atoms with E-state index in [9.17, 15) is 4.39 Å². The molecule has 0 aliphatic rings. The molecule has 0 aliphatic carbocycles. The Hall–Kier alpha value is -1.31. The lowest BCUT2D eigenvalue weighted by Crippen LogP contribution is -1.79. The first-order valence-electron chi connectivity index (χ1n) is 5.40. The second-order valence-corrected chi connectivity index (χ2v) is 6.82. The smallest absolute Gasteiger partial charge is 0.177 e. The molecule has 1 aromatic carbocycles. The molecule has 3 rings (SSSR count). The van der Waals surface area contributed by atoms with Gasteiger partial charge in [-0.15, -0.1) is 11.3 Å². The van der Waals surface area contributed by atoms with Gasteiger partial charge in [-0.05, 0) is 54.5 Å². The van der Waals surface area contributed by atoms with E-state index >= 15 is 0 Å². The third-order valence-corrected chi connectivity index (χ3v) is 5.09. The van der Waals surface area contributed by atoms with E-state index in [0.29, 0.717) is 0 Å². The Morgan fingerprint density at radius 1 is 1.11 bits per heavy atom. The Kier molecular flexibility index (Phi) is 3.58. The molecule has 3 nitrogen and oxygen atoms in total. The fourth-order valence-corrected chi connectivity index (χ4v) is 4.13. The summed E-state index contributed by atoms with van der Waals surface area (Å²) >= 11 is 4.43. The van der Waals surface area contributed by atoms with Crippen LogP contribution in [0.1, 0.15) is 5.82 Å². The van der Waals surface area contributed by atoms with Crippen LogP contribution in [0.4, 0.5) is 4.39 Å². The molecular formula is C12H8FN3S3. The van der Waals surface area contributed by atoms with Crippen molar-refractivity contribution in [1.82, 2.24) is 14.3 Å². The average molecular weight is 309 g/mol. The summed E-state index contributed by atoms with van der Waals surface area (Å²) in [5.74, 6) is 0.542. The zero-order valence-corrected chi connectivity index (χ0v) is 12.3. The maximum Gasteiger partial charge on any atom is 0.177 e. The molecule has 2 heterocycles. The van der Waals surface area contributed by atoms with Crippen molar-refractivity contribution in [2.75, 3.05) is 0 Å². The highest BCUT2D eigenvalue weighted by Gasteiger charge is 2.09. The van der Waals surface area contributed by atoms with Crippen molar-refractivity contribution in [2.45, 2.75) is 15.6 Å². The predicted octanol–water partition coefficient (Wildman–Crippen LogP) is 4.26. The first-order valence-corrected chi connectivity index (χ1v) is 7.87. The highest BCUT2D eigenvalue weighted by atomic mass is 32.2. The summed E-state index contributed by atoms with van der Waals surface area (Å²) in [4.78, 5) is 8.80. The lowest BCUT2D eigenvalue weighted by molar-refractivity contribution is 0.628. The van der Waals surface area contributed by atoms with Gasteiger partial charge >= 0.3 is 0 Å². The van der Waals surface area contributed by atoms with Crippen LogP contribution in [0.2, 0.25) is 0 Å². The van der Waals surface area contributed by atoms with E-state index in [0.717, 1.165) is 25.8 Å². The summed E-state index contributed by atoms with van der Waals surface area (Å²) in [5.41, 5.74) is 1.77. The van der Waals surface area contributed by atoms with Crippen LogP contribution < -0.4 is 0 Å². The van der Waals surface area contributed by atoms with Crippen molar-refractivity contribution in [3.63, 3.8) is 0 Å². The number of nitrogens with zero attached hydrogens (tertiary/aromatic N) is 3. The third-order valence-electron chi connectivity index (χ3n) is 2.31. The molecule has 0 aliphatic heterocycles. The van der Waals surface area contributed by atoms with E-state index in [-0.39, 0.29) is 5.82 Å². The largest absolute Gasteiger partial charge is 0.229 e. The van der Waals surface area contributed by atoms with Gasteiger partial charge in [-0.25, -0.2) is 14.4 Å². The molecule has 0 spiro atoms. The maximum atomic E-state index is 12.9. The number of thiazole rings is 1. The predicted molar refractivity (Wildman–Crippen MR) is 76.3 cm³/mol.